The molecule has 1 rings (SSSR count). The molecule has 0 aromatic carbocycles. The topological polar surface area (TPSA) is 117 Å². The lowest BCUT2D eigenvalue weighted by Gasteiger charge is -2.25. The van der Waals surface area contributed by atoms with Crippen molar-refractivity contribution in [1.82, 2.24) is 9.71 Å². The van der Waals surface area contributed by atoms with Crippen LogP contribution in [-0.2, 0) is 10.0 Å². The second-order valence-electron chi connectivity index (χ2n) is 5.61. The number of aromatic carboxylic acids is 1. The van der Waals surface area contributed by atoms with Gasteiger partial charge in [0.05, 0.1) is 11.2 Å². The summed E-state index contributed by atoms with van der Waals surface area (Å²) in [4.78, 5) is 14.3. The molecule has 0 aliphatic heterocycles. The molecule has 0 aliphatic rings. The van der Waals surface area contributed by atoms with Gasteiger partial charge in [-0.15, -0.1) is 0 Å². The zero-order valence-corrected chi connectivity index (χ0v) is 13.0. The van der Waals surface area contributed by atoms with E-state index in [2.05, 4.69) is 9.71 Å². The molecule has 1 unspecified atom stereocenters. The number of carboxylic acid groups (broad SMARTS) is 1. The Kier molecular flexibility index (Phi) is 5.43. The molecule has 0 bridgehead atoms. The van der Waals surface area contributed by atoms with Crippen molar-refractivity contribution in [2.75, 3.05) is 6.54 Å². The van der Waals surface area contributed by atoms with Crippen LogP contribution in [0.3, 0.4) is 0 Å². The fourth-order valence-electron chi connectivity index (χ4n) is 1.94. The van der Waals surface area contributed by atoms with Crippen LogP contribution in [0.15, 0.2) is 23.4 Å². The number of carboxylic acids is 1. The van der Waals surface area contributed by atoms with E-state index in [-0.39, 0.29) is 23.1 Å². The zero-order valence-electron chi connectivity index (χ0n) is 12.2. The Morgan fingerprint density at radius 1 is 1.43 bits per heavy atom. The first kappa shape index (κ1) is 17.5. The number of aliphatic hydroxyl groups is 1. The van der Waals surface area contributed by atoms with Crippen LogP contribution < -0.4 is 4.72 Å². The molecule has 3 N–H and O–H groups in total. The minimum Gasteiger partial charge on any atom is -0.478 e. The number of rotatable bonds is 7. The molecule has 8 heteroatoms. The van der Waals surface area contributed by atoms with Gasteiger partial charge in [0, 0.05) is 12.7 Å². The zero-order chi connectivity index (χ0) is 16.3. The van der Waals surface area contributed by atoms with Crippen molar-refractivity contribution in [1.29, 1.82) is 0 Å². The third-order valence-electron chi connectivity index (χ3n) is 2.75. The van der Waals surface area contributed by atoms with E-state index in [1.54, 1.807) is 6.92 Å². The molecule has 0 radical (unpaired) electrons. The third kappa shape index (κ3) is 5.41. The van der Waals surface area contributed by atoms with Crippen LogP contribution in [-0.4, -0.2) is 41.7 Å². The number of carbonyl (C=O) groups is 1. The van der Waals surface area contributed by atoms with Gasteiger partial charge in [0.15, 0.2) is 5.03 Å². The van der Waals surface area contributed by atoms with Crippen molar-refractivity contribution < 1.29 is 23.4 Å². The van der Waals surface area contributed by atoms with Crippen LogP contribution in [0.2, 0.25) is 0 Å². The summed E-state index contributed by atoms with van der Waals surface area (Å²) in [5.41, 5.74) is -1.26. The molecule has 0 saturated heterocycles. The van der Waals surface area contributed by atoms with Crippen LogP contribution >= 0.6 is 0 Å². The third-order valence-corrected chi connectivity index (χ3v) is 4.07. The van der Waals surface area contributed by atoms with Gasteiger partial charge in [0.2, 0.25) is 0 Å². The molecule has 0 amide bonds. The van der Waals surface area contributed by atoms with E-state index >= 15 is 0 Å². The van der Waals surface area contributed by atoms with Crippen molar-refractivity contribution in [3.63, 3.8) is 0 Å². The lowest BCUT2D eigenvalue weighted by molar-refractivity contribution is 0.0436. The molecular weight excluding hydrogens is 296 g/mol. The predicted octanol–water partition coefficient (Wildman–Crippen LogP) is 0.855. The summed E-state index contributed by atoms with van der Waals surface area (Å²) in [6, 6.07) is 2.28. The van der Waals surface area contributed by atoms with E-state index in [0.717, 1.165) is 18.3 Å². The number of aromatic nitrogens is 1. The number of pyridine rings is 1. The van der Waals surface area contributed by atoms with Gasteiger partial charge in [-0.2, -0.15) is 0 Å². The van der Waals surface area contributed by atoms with Crippen molar-refractivity contribution >= 4 is 16.0 Å². The number of sulfonamides is 1. The standard InChI is InChI=1S/C13H20N2O5S/c1-9(2)6-13(3,18)8-15-21(19,20)11-5-4-10(7-14-11)12(16)17/h4-5,7,9,15,18H,6,8H2,1-3H3,(H,16,17). The SMILES string of the molecule is CC(C)CC(C)(O)CNS(=O)(=O)c1ccc(C(=O)O)cn1. The van der Waals surface area contributed by atoms with E-state index in [1.807, 2.05) is 13.8 Å². The second kappa shape index (κ2) is 6.50. The van der Waals surface area contributed by atoms with Gasteiger partial charge in [0.1, 0.15) is 0 Å². The molecule has 1 atom stereocenters. The maximum absolute atomic E-state index is 12.0. The first-order valence-electron chi connectivity index (χ1n) is 6.45. The van der Waals surface area contributed by atoms with Gasteiger partial charge in [-0.3, -0.25) is 0 Å². The summed E-state index contributed by atoms with van der Waals surface area (Å²) < 4.78 is 26.3. The monoisotopic (exact) mass is 316 g/mol. The average molecular weight is 316 g/mol. The minimum absolute atomic E-state index is 0.0965. The van der Waals surface area contributed by atoms with Crippen molar-refractivity contribution in [3.05, 3.63) is 23.9 Å². The first-order valence-corrected chi connectivity index (χ1v) is 7.93. The van der Waals surface area contributed by atoms with Gasteiger partial charge in [-0.1, -0.05) is 13.8 Å². The van der Waals surface area contributed by atoms with Crippen LogP contribution in [0, 0.1) is 5.92 Å². The highest BCUT2D eigenvalue weighted by Gasteiger charge is 2.25. The summed E-state index contributed by atoms with van der Waals surface area (Å²) in [5.74, 6) is -0.961. The quantitative estimate of drug-likeness (QED) is 0.687. The predicted molar refractivity (Wildman–Crippen MR) is 76.5 cm³/mol. The Morgan fingerprint density at radius 2 is 2.05 bits per heavy atom. The fraction of sp³-hybridized carbons (Fsp3) is 0.538. The summed E-state index contributed by atoms with van der Waals surface area (Å²) in [6.45, 7) is 5.26. The van der Waals surface area contributed by atoms with E-state index in [1.165, 1.54) is 0 Å². The Bertz CT molecular complexity index is 593. The van der Waals surface area contributed by atoms with Crippen LogP contribution in [0.1, 0.15) is 37.6 Å². The Labute approximate surface area is 124 Å². The highest BCUT2D eigenvalue weighted by Crippen LogP contribution is 2.16. The van der Waals surface area contributed by atoms with Crippen LogP contribution in [0.25, 0.3) is 0 Å². The molecule has 0 saturated carbocycles. The second-order valence-corrected chi connectivity index (χ2v) is 7.32. The molecule has 0 fully saturated rings. The summed E-state index contributed by atoms with van der Waals surface area (Å²) in [6.07, 6.45) is 1.42. The number of hydrogen-bond donors (Lipinski definition) is 3. The molecule has 118 valence electrons. The first-order chi connectivity index (χ1) is 9.53. The Balaban J connectivity index is 2.80. The van der Waals surface area contributed by atoms with E-state index in [0.29, 0.717) is 6.42 Å². The van der Waals surface area contributed by atoms with Gasteiger partial charge in [-0.25, -0.2) is 22.9 Å². The van der Waals surface area contributed by atoms with Gasteiger partial charge in [-0.05, 0) is 31.4 Å². The molecule has 21 heavy (non-hydrogen) atoms. The van der Waals surface area contributed by atoms with Crippen LogP contribution in [0.4, 0.5) is 0 Å². The minimum atomic E-state index is -3.89. The molecular formula is C13H20N2O5S. The van der Waals surface area contributed by atoms with Crippen molar-refractivity contribution in [3.8, 4) is 0 Å². The Hall–Kier alpha value is -1.51. The largest absolute Gasteiger partial charge is 0.478 e. The summed E-state index contributed by atoms with van der Waals surface area (Å²) in [7, 11) is -3.89. The number of nitrogens with one attached hydrogen (secondary N) is 1. The Morgan fingerprint density at radius 3 is 2.48 bits per heavy atom. The molecule has 0 aliphatic carbocycles. The highest BCUT2D eigenvalue weighted by molar-refractivity contribution is 7.89. The average Bonchev–Trinajstić information content (AvgIpc) is 2.35. The number of hydrogen-bond acceptors (Lipinski definition) is 5. The number of nitrogens with zero attached hydrogens (tertiary/aromatic N) is 1. The van der Waals surface area contributed by atoms with E-state index in [9.17, 15) is 18.3 Å². The normalized spacial score (nSPS) is 14.9. The summed E-state index contributed by atoms with van der Waals surface area (Å²) >= 11 is 0. The maximum Gasteiger partial charge on any atom is 0.337 e. The van der Waals surface area contributed by atoms with Gasteiger partial charge >= 0.3 is 5.97 Å². The molecule has 1 heterocycles. The van der Waals surface area contributed by atoms with Crippen molar-refractivity contribution in [2.45, 2.75) is 37.8 Å². The highest BCUT2D eigenvalue weighted by atomic mass is 32.2. The fourth-order valence-corrected chi connectivity index (χ4v) is 3.03. The summed E-state index contributed by atoms with van der Waals surface area (Å²) in [5, 5.41) is 18.5. The van der Waals surface area contributed by atoms with Gasteiger partial charge in [0.25, 0.3) is 10.0 Å². The van der Waals surface area contributed by atoms with Crippen LogP contribution in [0.5, 0.6) is 0 Å². The maximum atomic E-state index is 12.0. The molecule has 0 spiro atoms. The molecule has 1 aromatic rings. The van der Waals surface area contributed by atoms with Crippen molar-refractivity contribution in [2.24, 2.45) is 5.92 Å². The van der Waals surface area contributed by atoms with E-state index in [4.69, 9.17) is 5.11 Å². The lowest BCUT2D eigenvalue weighted by atomic mass is 9.95. The smallest absolute Gasteiger partial charge is 0.337 e. The van der Waals surface area contributed by atoms with Gasteiger partial charge < -0.3 is 10.2 Å². The van der Waals surface area contributed by atoms with E-state index < -0.39 is 21.6 Å². The lowest BCUT2D eigenvalue weighted by Crippen LogP contribution is -2.41. The molecule has 7 nitrogen and oxygen atoms in total. The molecule has 1 aromatic heterocycles.